The monoisotopic (exact) mass is 224 g/mol. The van der Waals surface area contributed by atoms with Gasteiger partial charge in [0.2, 0.25) is 0 Å². The molecule has 1 nitrogen and oxygen atoms in total. The molecule has 0 aromatic heterocycles. The van der Waals surface area contributed by atoms with Gasteiger partial charge in [-0.25, -0.2) is 0 Å². The second-order valence-corrected chi connectivity index (χ2v) is 6.25. The minimum atomic E-state index is 0.234. The number of carbonyl (C=O) groups excluding carboxylic acids is 1. The molecule has 0 unspecified atom stereocenters. The average molecular weight is 224 g/mol. The SMILES string of the molecule is CC(C)CC[C@H]1CC[C@H](C(=O)C(C)C)CC1. The Morgan fingerprint density at radius 1 is 1.06 bits per heavy atom. The van der Waals surface area contributed by atoms with Crippen molar-refractivity contribution < 1.29 is 4.79 Å². The van der Waals surface area contributed by atoms with E-state index in [9.17, 15) is 4.79 Å². The summed E-state index contributed by atoms with van der Waals surface area (Å²) in [6.45, 7) is 8.67. The van der Waals surface area contributed by atoms with Crippen molar-refractivity contribution in [3.8, 4) is 0 Å². The Morgan fingerprint density at radius 2 is 1.62 bits per heavy atom. The first kappa shape index (κ1) is 13.7. The van der Waals surface area contributed by atoms with Gasteiger partial charge in [-0.05, 0) is 37.5 Å². The van der Waals surface area contributed by atoms with Crippen LogP contribution in [0, 0.1) is 23.7 Å². The first-order valence-electron chi connectivity index (χ1n) is 7.04. The first-order valence-corrected chi connectivity index (χ1v) is 7.04. The molecule has 0 heterocycles. The van der Waals surface area contributed by atoms with Crippen LogP contribution in [0.3, 0.4) is 0 Å². The normalized spacial score (nSPS) is 26.4. The van der Waals surface area contributed by atoms with Gasteiger partial charge in [-0.15, -0.1) is 0 Å². The maximum Gasteiger partial charge on any atom is 0.138 e. The fourth-order valence-electron chi connectivity index (χ4n) is 2.78. The minimum Gasteiger partial charge on any atom is -0.299 e. The molecule has 0 atom stereocenters. The highest BCUT2D eigenvalue weighted by Gasteiger charge is 2.27. The van der Waals surface area contributed by atoms with Crippen molar-refractivity contribution >= 4 is 5.78 Å². The summed E-state index contributed by atoms with van der Waals surface area (Å²) < 4.78 is 0. The summed E-state index contributed by atoms with van der Waals surface area (Å²) in [6.07, 6.45) is 7.61. The largest absolute Gasteiger partial charge is 0.299 e. The van der Waals surface area contributed by atoms with Crippen LogP contribution >= 0.6 is 0 Å². The third-order valence-electron chi connectivity index (χ3n) is 3.97. The lowest BCUT2D eigenvalue weighted by Crippen LogP contribution is -2.25. The molecule has 0 amide bonds. The highest BCUT2D eigenvalue weighted by atomic mass is 16.1. The summed E-state index contributed by atoms with van der Waals surface area (Å²) >= 11 is 0. The van der Waals surface area contributed by atoms with E-state index in [-0.39, 0.29) is 5.92 Å². The quantitative estimate of drug-likeness (QED) is 0.674. The molecule has 94 valence electrons. The summed E-state index contributed by atoms with van der Waals surface area (Å²) in [6, 6.07) is 0. The van der Waals surface area contributed by atoms with Crippen molar-refractivity contribution in [1.29, 1.82) is 0 Å². The summed E-state index contributed by atoms with van der Waals surface area (Å²) in [5, 5.41) is 0. The van der Waals surface area contributed by atoms with E-state index in [4.69, 9.17) is 0 Å². The lowest BCUT2D eigenvalue weighted by atomic mass is 9.76. The molecule has 0 aromatic rings. The number of ketones is 1. The van der Waals surface area contributed by atoms with Crippen molar-refractivity contribution in [2.24, 2.45) is 23.7 Å². The lowest BCUT2D eigenvalue weighted by Gasteiger charge is -2.29. The van der Waals surface area contributed by atoms with Gasteiger partial charge in [0.05, 0.1) is 0 Å². The van der Waals surface area contributed by atoms with E-state index in [0.717, 1.165) is 24.7 Å². The molecule has 1 heteroatoms. The second kappa shape index (κ2) is 6.42. The minimum absolute atomic E-state index is 0.234. The molecule has 0 aromatic carbocycles. The number of Topliss-reactive ketones (excluding diaryl/α,β-unsaturated/α-hetero) is 1. The first-order chi connectivity index (χ1) is 7.50. The number of rotatable bonds is 5. The van der Waals surface area contributed by atoms with E-state index in [1.165, 1.54) is 25.7 Å². The van der Waals surface area contributed by atoms with Crippen LogP contribution in [0.25, 0.3) is 0 Å². The Morgan fingerprint density at radius 3 is 2.06 bits per heavy atom. The molecule has 0 bridgehead atoms. The summed E-state index contributed by atoms with van der Waals surface area (Å²) in [5.74, 6) is 2.85. The van der Waals surface area contributed by atoms with Crippen molar-refractivity contribution in [2.45, 2.75) is 66.2 Å². The van der Waals surface area contributed by atoms with Gasteiger partial charge in [-0.1, -0.05) is 40.5 Å². The molecule has 0 spiro atoms. The molecule has 1 aliphatic rings. The van der Waals surface area contributed by atoms with Crippen molar-refractivity contribution in [1.82, 2.24) is 0 Å². The molecule has 0 aliphatic heterocycles. The summed E-state index contributed by atoms with van der Waals surface area (Å²) in [7, 11) is 0. The van der Waals surface area contributed by atoms with Gasteiger partial charge < -0.3 is 0 Å². The van der Waals surface area contributed by atoms with Crippen LogP contribution in [0.1, 0.15) is 66.2 Å². The van der Waals surface area contributed by atoms with Crippen molar-refractivity contribution in [2.75, 3.05) is 0 Å². The zero-order chi connectivity index (χ0) is 12.1. The van der Waals surface area contributed by atoms with E-state index in [1.54, 1.807) is 0 Å². The van der Waals surface area contributed by atoms with E-state index < -0.39 is 0 Å². The number of carbonyl (C=O) groups is 1. The molecule has 1 aliphatic carbocycles. The van der Waals surface area contributed by atoms with Gasteiger partial charge in [0.15, 0.2) is 0 Å². The Labute approximate surface area is 101 Å². The fraction of sp³-hybridized carbons (Fsp3) is 0.933. The average Bonchev–Trinajstić information content (AvgIpc) is 2.26. The number of hydrogen-bond donors (Lipinski definition) is 0. The topological polar surface area (TPSA) is 17.1 Å². The van der Waals surface area contributed by atoms with Gasteiger partial charge in [-0.2, -0.15) is 0 Å². The van der Waals surface area contributed by atoms with Gasteiger partial charge in [0, 0.05) is 11.8 Å². The molecular weight excluding hydrogens is 196 g/mol. The Hall–Kier alpha value is -0.330. The van der Waals surface area contributed by atoms with Crippen LogP contribution in [0.4, 0.5) is 0 Å². The maximum absolute atomic E-state index is 11.9. The zero-order valence-electron chi connectivity index (χ0n) is 11.5. The third kappa shape index (κ3) is 4.27. The maximum atomic E-state index is 11.9. The lowest BCUT2D eigenvalue weighted by molar-refractivity contribution is -0.127. The van der Waals surface area contributed by atoms with Crippen LogP contribution in [0.2, 0.25) is 0 Å². The summed E-state index contributed by atoms with van der Waals surface area (Å²) in [4.78, 5) is 11.9. The van der Waals surface area contributed by atoms with Gasteiger partial charge in [0.25, 0.3) is 0 Å². The Balaban J connectivity index is 2.26. The van der Waals surface area contributed by atoms with Crippen LogP contribution in [0.5, 0.6) is 0 Å². The van der Waals surface area contributed by atoms with Crippen LogP contribution < -0.4 is 0 Å². The molecule has 0 radical (unpaired) electrons. The standard InChI is InChI=1S/C15H28O/c1-11(2)5-6-13-7-9-14(10-8-13)15(16)12(3)4/h11-14H,5-10H2,1-4H3/t13-,14-. The van der Waals surface area contributed by atoms with Gasteiger partial charge >= 0.3 is 0 Å². The summed E-state index contributed by atoms with van der Waals surface area (Å²) in [5.41, 5.74) is 0. The molecule has 1 rings (SSSR count). The van der Waals surface area contributed by atoms with Crippen LogP contribution in [-0.4, -0.2) is 5.78 Å². The predicted octanol–water partition coefficient (Wildman–Crippen LogP) is 4.45. The van der Waals surface area contributed by atoms with E-state index in [0.29, 0.717) is 11.7 Å². The zero-order valence-corrected chi connectivity index (χ0v) is 11.5. The highest BCUT2D eigenvalue weighted by Crippen LogP contribution is 2.33. The van der Waals surface area contributed by atoms with Crippen molar-refractivity contribution in [3.63, 3.8) is 0 Å². The molecule has 16 heavy (non-hydrogen) atoms. The van der Waals surface area contributed by atoms with Crippen LogP contribution in [0.15, 0.2) is 0 Å². The Bertz CT molecular complexity index is 209. The highest BCUT2D eigenvalue weighted by molar-refractivity contribution is 5.82. The van der Waals surface area contributed by atoms with Crippen molar-refractivity contribution in [3.05, 3.63) is 0 Å². The van der Waals surface area contributed by atoms with Crippen LogP contribution in [-0.2, 0) is 4.79 Å². The predicted molar refractivity (Wildman–Crippen MR) is 69.4 cm³/mol. The molecule has 1 saturated carbocycles. The smallest absolute Gasteiger partial charge is 0.138 e. The van der Waals surface area contributed by atoms with E-state index in [2.05, 4.69) is 13.8 Å². The molecule has 0 saturated heterocycles. The third-order valence-corrected chi connectivity index (χ3v) is 3.97. The van der Waals surface area contributed by atoms with E-state index in [1.807, 2.05) is 13.8 Å². The second-order valence-electron chi connectivity index (χ2n) is 6.25. The van der Waals surface area contributed by atoms with Gasteiger partial charge in [0.1, 0.15) is 5.78 Å². The van der Waals surface area contributed by atoms with Gasteiger partial charge in [-0.3, -0.25) is 4.79 Å². The van der Waals surface area contributed by atoms with E-state index >= 15 is 0 Å². The Kier molecular flexibility index (Phi) is 5.51. The molecular formula is C15H28O. The molecule has 1 fully saturated rings. The fourth-order valence-corrected chi connectivity index (χ4v) is 2.78. The number of hydrogen-bond acceptors (Lipinski definition) is 1. The molecule has 0 N–H and O–H groups in total.